The van der Waals surface area contributed by atoms with Crippen LogP contribution in [0.3, 0.4) is 0 Å². The fourth-order valence-electron chi connectivity index (χ4n) is 3.48. The topological polar surface area (TPSA) is 145 Å². The standard InChI is InChI=1S/C24H27N3O7S/c1-3-9-18(21(28)23-26-17-12-7-8-13-20(17)34-23)25-22(29)19(27-24(30)33-2)15-35(31,32)14-16-10-5-4-6-11-16/h4-8,10-13,18-19H,3,9,14-15H2,1-2H3,(H,25,29)(H,27,30). The molecule has 3 aromatic rings. The van der Waals surface area contributed by atoms with Crippen LogP contribution in [0.5, 0.6) is 0 Å². The first-order chi connectivity index (χ1) is 16.7. The number of hydrogen-bond donors (Lipinski definition) is 2. The Morgan fingerprint density at radius 1 is 1.00 bits per heavy atom. The molecule has 35 heavy (non-hydrogen) atoms. The van der Waals surface area contributed by atoms with Gasteiger partial charge in [-0.05, 0) is 24.1 Å². The first-order valence-electron chi connectivity index (χ1n) is 11.0. The fourth-order valence-corrected chi connectivity index (χ4v) is 5.04. The van der Waals surface area contributed by atoms with Crippen LogP contribution >= 0.6 is 0 Å². The van der Waals surface area contributed by atoms with Crippen molar-refractivity contribution in [1.82, 2.24) is 15.6 Å². The molecule has 0 saturated heterocycles. The SMILES string of the molecule is CCCC(NC(=O)C(CS(=O)(=O)Cc1ccccc1)NC(=O)OC)C(=O)c1nc2ccccc2o1. The van der Waals surface area contributed by atoms with Crippen LogP contribution in [0.2, 0.25) is 0 Å². The minimum Gasteiger partial charge on any atom is -0.453 e. The number of methoxy groups -OCH3 is 1. The fraction of sp³-hybridized carbons (Fsp3) is 0.333. The van der Waals surface area contributed by atoms with E-state index in [4.69, 9.17) is 4.42 Å². The van der Waals surface area contributed by atoms with E-state index < -0.39 is 45.5 Å². The second kappa shape index (κ2) is 11.6. The largest absolute Gasteiger partial charge is 0.453 e. The summed E-state index contributed by atoms with van der Waals surface area (Å²) in [6.07, 6.45) is -0.180. The minimum atomic E-state index is -3.82. The van der Waals surface area contributed by atoms with Crippen molar-refractivity contribution >= 4 is 38.7 Å². The molecule has 2 atom stereocenters. The van der Waals surface area contributed by atoms with Crippen molar-refractivity contribution in [3.8, 4) is 0 Å². The highest BCUT2D eigenvalue weighted by atomic mass is 32.2. The van der Waals surface area contributed by atoms with E-state index in [9.17, 15) is 22.8 Å². The van der Waals surface area contributed by atoms with Gasteiger partial charge in [-0.25, -0.2) is 18.2 Å². The van der Waals surface area contributed by atoms with Crippen LogP contribution in [-0.2, 0) is 25.1 Å². The van der Waals surface area contributed by atoms with Gasteiger partial charge in [0.2, 0.25) is 11.7 Å². The highest BCUT2D eigenvalue weighted by Gasteiger charge is 2.32. The molecule has 186 valence electrons. The van der Waals surface area contributed by atoms with Crippen LogP contribution in [-0.4, -0.2) is 56.1 Å². The summed E-state index contributed by atoms with van der Waals surface area (Å²) in [5, 5.41) is 4.81. The Morgan fingerprint density at radius 2 is 1.69 bits per heavy atom. The third kappa shape index (κ3) is 7.12. The molecule has 0 aliphatic carbocycles. The third-order valence-corrected chi connectivity index (χ3v) is 6.77. The summed E-state index contributed by atoms with van der Waals surface area (Å²) < 4.78 is 35.7. The van der Waals surface area contributed by atoms with Crippen molar-refractivity contribution in [2.24, 2.45) is 0 Å². The quantitative estimate of drug-likeness (QED) is 0.382. The van der Waals surface area contributed by atoms with E-state index in [2.05, 4.69) is 20.4 Å². The lowest BCUT2D eigenvalue weighted by Gasteiger charge is -2.21. The summed E-state index contributed by atoms with van der Waals surface area (Å²) in [4.78, 5) is 42.2. The van der Waals surface area contributed by atoms with E-state index in [0.717, 1.165) is 7.11 Å². The molecule has 0 radical (unpaired) electrons. The van der Waals surface area contributed by atoms with Crippen molar-refractivity contribution < 1.29 is 32.0 Å². The molecule has 0 fully saturated rings. The van der Waals surface area contributed by atoms with E-state index in [-0.39, 0.29) is 18.1 Å². The van der Waals surface area contributed by atoms with Gasteiger partial charge in [0.05, 0.1) is 24.7 Å². The average Bonchev–Trinajstić information content (AvgIpc) is 3.27. The van der Waals surface area contributed by atoms with E-state index in [0.29, 0.717) is 23.1 Å². The summed E-state index contributed by atoms with van der Waals surface area (Å²) in [5.74, 6) is -2.56. The molecule has 0 bridgehead atoms. The zero-order chi connectivity index (χ0) is 25.4. The molecule has 1 aromatic heterocycles. The molecule has 0 spiro atoms. The van der Waals surface area contributed by atoms with Crippen LogP contribution in [0.25, 0.3) is 11.1 Å². The van der Waals surface area contributed by atoms with E-state index in [1.54, 1.807) is 54.6 Å². The monoisotopic (exact) mass is 501 g/mol. The molecule has 11 heteroatoms. The maximum atomic E-state index is 13.1. The number of ether oxygens (including phenoxy) is 1. The molecule has 10 nitrogen and oxygen atoms in total. The van der Waals surface area contributed by atoms with Crippen LogP contribution in [0, 0.1) is 0 Å². The number of fused-ring (bicyclic) bond motifs is 1. The van der Waals surface area contributed by atoms with Crippen molar-refractivity contribution in [1.29, 1.82) is 0 Å². The summed E-state index contributed by atoms with van der Waals surface area (Å²) in [5.41, 5.74) is 1.46. The number of sulfone groups is 1. The van der Waals surface area contributed by atoms with Crippen LogP contribution in [0.1, 0.15) is 36.0 Å². The van der Waals surface area contributed by atoms with E-state index in [1.165, 1.54) is 0 Å². The van der Waals surface area contributed by atoms with Crippen LogP contribution < -0.4 is 10.6 Å². The van der Waals surface area contributed by atoms with E-state index in [1.807, 2.05) is 6.92 Å². The number of para-hydroxylation sites is 2. The number of aromatic nitrogens is 1. The highest BCUT2D eigenvalue weighted by molar-refractivity contribution is 7.90. The molecule has 1 heterocycles. The van der Waals surface area contributed by atoms with Crippen molar-refractivity contribution in [3.05, 3.63) is 66.1 Å². The Bertz CT molecular complexity index is 1260. The van der Waals surface area contributed by atoms with Crippen LogP contribution in [0.15, 0.2) is 59.0 Å². The molecule has 0 aliphatic heterocycles. The predicted octanol–water partition coefficient (Wildman–Crippen LogP) is 2.64. The number of ketones is 1. The van der Waals surface area contributed by atoms with Gasteiger partial charge in [0, 0.05) is 0 Å². The lowest BCUT2D eigenvalue weighted by Crippen LogP contribution is -2.54. The Hall–Kier alpha value is -3.73. The number of nitrogens with one attached hydrogen (secondary N) is 2. The number of Topliss-reactive ketones (excluding diaryl/α,β-unsaturated/α-hetero) is 1. The molecule has 0 saturated carbocycles. The molecule has 2 unspecified atom stereocenters. The lowest BCUT2D eigenvalue weighted by molar-refractivity contribution is -0.123. The van der Waals surface area contributed by atoms with Crippen LogP contribution in [0.4, 0.5) is 4.79 Å². The van der Waals surface area contributed by atoms with Gasteiger partial charge in [-0.15, -0.1) is 0 Å². The zero-order valence-electron chi connectivity index (χ0n) is 19.4. The second-order valence-corrected chi connectivity index (χ2v) is 10.0. The predicted molar refractivity (Wildman–Crippen MR) is 128 cm³/mol. The lowest BCUT2D eigenvalue weighted by atomic mass is 10.1. The maximum Gasteiger partial charge on any atom is 0.407 e. The smallest absolute Gasteiger partial charge is 0.407 e. The molecular weight excluding hydrogens is 474 g/mol. The van der Waals surface area contributed by atoms with Gasteiger partial charge in [-0.2, -0.15) is 0 Å². The number of rotatable bonds is 11. The maximum absolute atomic E-state index is 13.1. The van der Waals surface area contributed by atoms with Gasteiger partial charge in [0.1, 0.15) is 11.6 Å². The van der Waals surface area contributed by atoms with Crippen molar-refractivity contribution in [2.75, 3.05) is 12.9 Å². The molecule has 2 aromatic carbocycles. The van der Waals surface area contributed by atoms with Gasteiger partial charge in [0.25, 0.3) is 5.89 Å². The van der Waals surface area contributed by atoms with Crippen molar-refractivity contribution in [2.45, 2.75) is 37.6 Å². The molecule has 2 amide bonds. The van der Waals surface area contributed by atoms with Gasteiger partial charge < -0.3 is 19.8 Å². The molecular formula is C24H27N3O7S. The number of carbonyl (C=O) groups excluding carboxylic acids is 3. The number of alkyl carbamates (subject to hydrolysis) is 1. The summed E-state index contributed by atoms with van der Waals surface area (Å²) in [7, 11) is -2.72. The normalized spacial score (nSPS) is 13.1. The minimum absolute atomic E-state index is 0.167. The number of nitrogens with zero attached hydrogens (tertiary/aromatic N) is 1. The first-order valence-corrected chi connectivity index (χ1v) is 12.8. The van der Waals surface area contributed by atoms with E-state index >= 15 is 0 Å². The molecule has 0 aliphatic rings. The Labute approximate surface area is 203 Å². The number of amides is 2. The van der Waals surface area contributed by atoms with Gasteiger partial charge in [-0.1, -0.05) is 55.8 Å². The Kier molecular flexibility index (Phi) is 8.58. The summed E-state index contributed by atoms with van der Waals surface area (Å²) in [6, 6.07) is 12.8. The molecule has 2 N–H and O–H groups in total. The third-order valence-electron chi connectivity index (χ3n) is 5.16. The van der Waals surface area contributed by atoms with Gasteiger partial charge in [0.15, 0.2) is 15.4 Å². The number of benzene rings is 2. The summed E-state index contributed by atoms with van der Waals surface area (Å²) >= 11 is 0. The number of hydrogen-bond acceptors (Lipinski definition) is 8. The number of carbonyl (C=O) groups is 3. The van der Waals surface area contributed by atoms with Gasteiger partial charge >= 0.3 is 6.09 Å². The highest BCUT2D eigenvalue weighted by Crippen LogP contribution is 2.17. The average molecular weight is 502 g/mol. The zero-order valence-corrected chi connectivity index (χ0v) is 20.2. The molecule has 3 rings (SSSR count). The Morgan fingerprint density at radius 3 is 2.34 bits per heavy atom. The van der Waals surface area contributed by atoms with Gasteiger partial charge in [-0.3, -0.25) is 9.59 Å². The second-order valence-electron chi connectivity index (χ2n) is 7.93. The number of oxazole rings is 1. The Balaban J connectivity index is 1.79. The van der Waals surface area contributed by atoms with Crippen molar-refractivity contribution in [3.63, 3.8) is 0 Å². The first kappa shape index (κ1) is 25.9. The summed E-state index contributed by atoms with van der Waals surface area (Å²) in [6.45, 7) is 1.83.